The van der Waals surface area contributed by atoms with Gasteiger partial charge >= 0.3 is 0 Å². The van der Waals surface area contributed by atoms with Crippen molar-refractivity contribution in [3.05, 3.63) is 21.9 Å². The van der Waals surface area contributed by atoms with E-state index in [0.29, 0.717) is 17.0 Å². The Balaban J connectivity index is 2.84. The largest absolute Gasteiger partial charge is 0.345 e. The second kappa shape index (κ2) is 6.11. The molecule has 1 aromatic heterocycles. The van der Waals surface area contributed by atoms with Crippen LogP contribution in [0, 0.1) is 0 Å². The maximum atomic E-state index is 12.1. The molecule has 0 saturated heterocycles. The predicted octanol–water partition coefficient (Wildman–Crippen LogP) is 2.20. The Morgan fingerprint density at radius 1 is 1.39 bits per heavy atom. The van der Waals surface area contributed by atoms with Crippen LogP contribution >= 0.6 is 11.3 Å². The minimum Gasteiger partial charge on any atom is -0.345 e. The van der Waals surface area contributed by atoms with Crippen molar-refractivity contribution < 1.29 is 9.59 Å². The molecule has 0 aliphatic rings. The molecule has 3 N–H and O–H groups in total. The lowest BCUT2D eigenvalue weighted by molar-refractivity contribution is 0.0899. The molecule has 1 aromatic rings. The van der Waals surface area contributed by atoms with Gasteiger partial charge in [-0.3, -0.25) is 9.59 Å². The zero-order valence-corrected chi connectivity index (χ0v) is 11.9. The van der Waals surface area contributed by atoms with Crippen molar-refractivity contribution in [3.8, 4) is 0 Å². The molecule has 0 unspecified atom stereocenters. The van der Waals surface area contributed by atoms with Gasteiger partial charge in [0.1, 0.15) is 0 Å². The fourth-order valence-corrected chi connectivity index (χ4v) is 2.55. The van der Waals surface area contributed by atoms with E-state index in [9.17, 15) is 9.59 Å². The van der Waals surface area contributed by atoms with E-state index in [4.69, 9.17) is 5.73 Å². The second-order valence-electron chi connectivity index (χ2n) is 4.40. The fourth-order valence-electron chi connectivity index (χ4n) is 1.71. The van der Waals surface area contributed by atoms with Gasteiger partial charge in [-0.15, -0.1) is 11.3 Å². The molecule has 0 aliphatic carbocycles. The van der Waals surface area contributed by atoms with Crippen LogP contribution in [0.3, 0.4) is 0 Å². The highest BCUT2D eigenvalue weighted by Gasteiger charge is 2.27. The standard InChI is InChI=1S/C13H20N2O2S/c1-4-13(5-2,8-14)15-12(17)11-6-10(7-18-11)9(3)16/h6-7H,4-5,8,14H2,1-3H3,(H,15,17). The summed E-state index contributed by atoms with van der Waals surface area (Å²) in [6.45, 7) is 5.92. The number of thiophene rings is 1. The van der Waals surface area contributed by atoms with Gasteiger partial charge in [0.05, 0.1) is 10.4 Å². The zero-order valence-electron chi connectivity index (χ0n) is 11.1. The van der Waals surface area contributed by atoms with Crippen molar-refractivity contribution in [1.29, 1.82) is 0 Å². The predicted molar refractivity (Wildman–Crippen MR) is 74.2 cm³/mol. The molecule has 0 atom stereocenters. The molecular weight excluding hydrogens is 248 g/mol. The number of amides is 1. The first kappa shape index (κ1) is 14.9. The Labute approximate surface area is 112 Å². The van der Waals surface area contributed by atoms with Crippen LogP contribution in [0.2, 0.25) is 0 Å². The maximum absolute atomic E-state index is 12.1. The van der Waals surface area contributed by atoms with Gasteiger partial charge in [0, 0.05) is 17.5 Å². The number of carbonyl (C=O) groups excluding carboxylic acids is 2. The van der Waals surface area contributed by atoms with Crippen molar-refractivity contribution in [3.63, 3.8) is 0 Å². The summed E-state index contributed by atoms with van der Waals surface area (Å²) in [6.07, 6.45) is 1.58. The van der Waals surface area contributed by atoms with Gasteiger partial charge in [0.15, 0.2) is 5.78 Å². The van der Waals surface area contributed by atoms with Crippen LogP contribution in [0.5, 0.6) is 0 Å². The minimum atomic E-state index is -0.350. The van der Waals surface area contributed by atoms with Gasteiger partial charge in [0.2, 0.25) is 0 Å². The van der Waals surface area contributed by atoms with Crippen LogP contribution in [-0.2, 0) is 0 Å². The van der Waals surface area contributed by atoms with Crippen LogP contribution in [-0.4, -0.2) is 23.8 Å². The Bertz CT molecular complexity index is 428. The van der Waals surface area contributed by atoms with Crippen molar-refractivity contribution in [2.24, 2.45) is 5.73 Å². The lowest BCUT2D eigenvalue weighted by atomic mass is 9.93. The summed E-state index contributed by atoms with van der Waals surface area (Å²) in [7, 11) is 0. The molecule has 0 aliphatic heterocycles. The van der Waals surface area contributed by atoms with E-state index in [0.717, 1.165) is 12.8 Å². The van der Waals surface area contributed by atoms with Crippen molar-refractivity contribution in [1.82, 2.24) is 5.32 Å². The monoisotopic (exact) mass is 268 g/mol. The highest BCUT2D eigenvalue weighted by Crippen LogP contribution is 2.19. The molecular formula is C13H20N2O2S. The summed E-state index contributed by atoms with van der Waals surface area (Å²) in [6, 6.07) is 1.63. The van der Waals surface area contributed by atoms with Crippen LogP contribution in [0.4, 0.5) is 0 Å². The van der Waals surface area contributed by atoms with Crippen LogP contribution in [0.1, 0.15) is 53.6 Å². The van der Waals surface area contributed by atoms with E-state index in [-0.39, 0.29) is 17.2 Å². The molecule has 4 nitrogen and oxygen atoms in total. The Hall–Kier alpha value is -1.20. The quantitative estimate of drug-likeness (QED) is 0.777. The fraction of sp³-hybridized carbons (Fsp3) is 0.538. The molecule has 5 heteroatoms. The molecule has 0 spiro atoms. The molecule has 100 valence electrons. The van der Waals surface area contributed by atoms with Gasteiger partial charge in [-0.2, -0.15) is 0 Å². The van der Waals surface area contributed by atoms with Crippen LogP contribution in [0.25, 0.3) is 0 Å². The smallest absolute Gasteiger partial charge is 0.261 e. The number of hydrogen-bond acceptors (Lipinski definition) is 4. The zero-order chi connectivity index (χ0) is 13.8. The third-order valence-electron chi connectivity index (χ3n) is 3.35. The third-order valence-corrected chi connectivity index (χ3v) is 4.28. The first-order valence-electron chi connectivity index (χ1n) is 6.10. The van der Waals surface area contributed by atoms with Gasteiger partial charge < -0.3 is 11.1 Å². The normalized spacial score (nSPS) is 11.3. The number of nitrogens with one attached hydrogen (secondary N) is 1. The highest BCUT2D eigenvalue weighted by atomic mass is 32.1. The molecule has 0 bridgehead atoms. The van der Waals surface area contributed by atoms with Crippen molar-refractivity contribution >= 4 is 23.0 Å². The van der Waals surface area contributed by atoms with E-state index in [2.05, 4.69) is 5.32 Å². The van der Waals surface area contributed by atoms with Crippen LogP contribution in [0.15, 0.2) is 11.4 Å². The van der Waals surface area contributed by atoms with E-state index < -0.39 is 0 Å². The van der Waals surface area contributed by atoms with Crippen molar-refractivity contribution in [2.75, 3.05) is 6.54 Å². The lowest BCUT2D eigenvalue weighted by Gasteiger charge is -2.31. The van der Waals surface area contributed by atoms with Gasteiger partial charge in [-0.05, 0) is 25.8 Å². The van der Waals surface area contributed by atoms with Gasteiger partial charge in [-0.1, -0.05) is 13.8 Å². The number of Topliss-reactive ketones (excluding diaryl/α,β-unsaturated/α-hetero) is 1. The highest BCUT2D eigenvalue weighted by molar-refractivity contribution is 7.12. The molecule has 0 aromatic carbocycles. The average molecular weight is 268 g/mol. The van der Waals surface area contributed by atoms with Gasteiger partial charge in [-0.25, -0.2) is 0 Å². The topological polar surface area (TPSA) is 72.2 Å². The molecule has 18 heavy (non-hydrogen) atoms. The number of rotatable bonds is 6. The number of nitrogens with two attached hydrogens (primary N) is 1. The number of hydrogen-bond donors (Lipinski definition) is 2. The molecule has 0 saturated carbocycles. The third kappa shape index (κ3) is 3.17. The number of carbonyl (C=O) groups is 2. The molecule has 0 radical (unpaired) electrons. The first-order valence-corrected chi connectivity index (χ1v) is 6.98. The lowest BCUT2D eigenvalue weighted by Crippen LogP contribution is -2.52. The Morgan fingerprint density at radius 3 is 2.39 bits per heavy atom. The van der Waals surface area contributed by atoms with E-state index >= 15 is 0 Å². The molecule has 1 heterocycles. The van der Waals surface area contributed by atoms with E-state index in [1.54, 1.807) is 11.4 Å². The summed E-state index contributed by atoms with van der Waals surface area (Å²) in [5, 5.41) is 4.69. The van der Waals surface area contributed by atoms with E-state index in [1.807, 2.05) is 13.8 Å². The summed E-state index contributed by atoms with van der Waals surface area (Å²) in [4.78, 5) is 23.9. The molecule has 0 fully saturated rings. The first-order chi connectivity index (χ1) is 8.48. The summed E-state index contributed by atoms with van der Waals surface area (Å²) >= 11 is 1.28. The van der Waals surface area contributed by atoms with Crippen molar-refractivity contribution in [2.45, 2.75) is 39.2 Å². The summed E-state index contributed by atoms with van der Waals surface area (Å²) < 4.78 is 0. The molecule has 1 amide bonds. The second-order valence-corrected chi connectivity index (χ2v) is 5.31. The number of ketones is 1. The maximum Gasteiger partial charge on any atom is 0.261 e. The van der Waals surface area contributed by atoms with E-state index in [1.165, 1.54) is 18.3 Å². The summed E-state index contributed by atoms with van der Waals surface area (Å²) in [5.74, 6) is -0.178. The Kier molecular flexibility index (Phi) is 5.04. The SMILES string of the molecule is CCC(CC)(CN)NC(=O)c1cc(C(C)=O)cs1. The Morgan fingerprint density at radius 2 is 2.00 bits per heavy atom. The van der Waals surface area contributed by atoms with Crippen LogP contribution < -0.4 is 11.1 Å². The molecule has 1 rings (SSSR count). The minimum absolute atomic E-state index is 0.0265. The average Bonchev–Trinajstić information content (AvgIpc) is 2.86. The van der Waals surface area contributed by atoms with Gasteiger partial charge in [0.25, 0.3) is 5.91 Å². The summed E-state index contributed by atoms with van der Waals surface area (Å²) in [5.41, 5.74) is 5.97.